The van der Waals surface area contributed by atoms with Crippen LogP contribution in [0.3, 0.4) is 0 Å². The van der Waals surface area contributed by atoms with Crippen molar-refractivity contribution in [1.82, 2.24) is 5.32 Å². The van der Waals surface area contributed by atoms with E-state index in [1.807, 2.05) is 13.8 Å². The quantitative estimate of drug-likeness (QED) is 0.752. The van der Waals surface area contributed by atoms with Crippen molar-refractivity contribution >= 4 is 17.5 Å². The predicted octanol–water partition coefficient (Wildman–Crippen LogP) is 5.25. The fraction of sp³-hybridized carbons (Fsp3) is 0.409. The van der Waals surface area contributed by atoms with Crippen LogP contribution >= 0.6 is 11.6 Å². The van der Waals surface area contributed by atoms with E-state index in [9.17, 15) is 4.79 Å². The molecule has 1 aliphatic carbocycles. The van der Waals surface area contributed by atoms with Crippen LogP contribution in [0, 0.1) is 0 Å². The van der Waals surface area contributed by atoms with Crippen LogP contribution in [-0.4, -0.2) is 12.0 Å². The number of fused-ring (bicyclic) bond motifs is 1. The highest BCUT2D eigenvalue weighted by Crippen LogP contribution is 2.25. The van der Waals surface area contributed by atoms with Crippen molar-refractivity contribution in [2.45, 2.75) is 58.1 Å². The second-order valence-corrected chi connectivity index (χ2v) is 7.37. The molecule has 2 aromatic rings. The minimum atomic E-state index is -0.517. The van der Waals surface area contributed by atoms with Gasteiger partial charge in [0, 0.05) is 5.02 Å². The molecular formula is C22H26ClNO2. The van der Waals surface area contributed by atoms with Crippen LogP contribution in [0.25, 0.3) is 0 Å². The largest absolute Gasteiger partial charge is 0.481 e. The maximum absolute atomic E-state index is 12.7. The molecule has 2 atom stereocenters. The van der Waals surface area contributed by atoms with Gasteiger partial charge in [-0.3, -0.25) is 4.79 Å². The van der Waals surface area contributed by atoms with Gasteiger partial charge >= 0.3 is 0 Å². The summed E-state index contributed by atoms with van der Waals surface area (Å²) in [5.74, 6) is 0.561. The molecule has 138 valence electrons. The van der Waals surface area contributed by atoms with E-state index in [1.165, 1.54) is 30.4 Å². The Labute approximate surface area is 160 Å². The monoisotopic (exact) mass is 371 g/mol. The van der Waals surface area contributed by atoms with Crippen molar-refractivity contribution in [3.8, 4) is 5.75 Å². The van der Waals surface area contributed by atoms with E-state index in [0.29, 0.717) is 17.2 Å². The second-order valence-electron chi connectivity index (χ2n) is 6.93. The maximum Gasteiger partial charge on any atom is 0.261 e. The number of aryl methyl sites for hydroxylation is 2. The molecule has 0 saturated carbocycles. The van der Waals surface area contributed by atoms with Gasteiger partial charge in [-0.1, -0.05) is 36.7 Å². The van der Waals surface area contributed by atoms with Gasteiger partial charge in [0.25, 0.3) is 5.91 Å². The zero-order valence-corrected chi connectivity index (χ0v) is 16.2. The zero-order chi connectivity index (χ0) is 18.5. The van der Waals surface area contributed by atoms with Gasteiger partial charge in [0.15, 0.2) is 6.10 Å². The lowest BCUT2D eigenvalue weighted by atomic mass is 9.89. The third kappa shape index (κ3) is 4.59. The van der Waals surface area contributed by atoms with Crippen molar-refractivity contribution in [2.24, 2.45) is 0 Å². The first kappa shape index (κ1) is 18.8. The van der Waals surface area contributed by atoms with Gasteiger partial charge in [-0.15, -0.1) is 0 Å². The van der Waals surface area contributed by atoms with E-state index in [2.05, 4.69) is 23.5 Å². The minimum absolute atomic E-state index is 0.0439. The van der Waals surface area contributed by atoms with Gasteiger partial charge in [0.05, 0.1) is 6.04 Å². The highest BCUT2D eigenvalue weighted by Gasteiger charge is 2.21. The van der Waals surface area contributed by atoms with Gasteiger partial charge in [0.2, 0.25) is 0 Å². The molecule has 0 radical (unpaired) electrons. The van der Waals surface area contributed by atoms with E-state index in [0.717, 1.165) is 12.0 Å². The Balaban J connectivity index is 1.64. The van der Waals surface area contributed by atoms with Crippen LogP contribution in [0.1, 0.15) is 55.8 Å². The molecule has 0 spiro atoms. The zero-order valence-electron chi connectivity index (χ0n) is 15.4. The van der Waals surface area contributed by atoms with Crippen LogP contribution in [0.5, 0.6) is 5.75 Å². The molecule has 1 amide bonds. The summed E-state index contributed by atoms with van der Waals surface area (Å²) >= 11 is 5.90. The van der Waals surface area contributed by atoms with Gasteiger partial charge in [-0.25, -0.2) is 0 Å². The number of ether oxygens (including phenoxy) is 1. The summed E-state index contributed by atoms with van der Waals surface area (Å²) in [5, 5.41) is 3.74. The molecule has 0 saturated heterocycles. The Bertz CT molecular complexity index is 757. The lowest BCUT2D eigenvalue weighted by Crippen LogP contribution is -2.39. The molecule has 0 aromatic heterocycles. The number of benzene rings is 2. The molecule has 0 aliphatic heterocycles. The van der Waals surface area contributed by atoms with Crippen LogP contribution in [0.4, 0.5) is 0 Å². The Morgan fingerprint density at radius 3 is 2.50 bits per heavy atom. The molecule has 1 N–H and O–H groups in total. The summed E-state index contributed by atoms with van der Waals surface area (Å²) in [6, 6.07) is 13.6. The van der Waals surface area contributed by atoms with E-state index in [-0.39, 0.29) is 11.9 Å². The van der Waals surface area contributed by atoms with Crippen molar-refractivity contribution < 1.29 is 9.53 Å². The number of rotatable bonds is 6. The second kappa shape index (κ2) is 8.59. The summed E-state index contributed by atoms with van der Waals surface area (Å²) in [6.45, 7) is 3.97. The third-order valence-electron chi connectivity index (χ3n) is 4.99. The normalized spacial score (nSPS) is 15.7. The molecule has 3 nitrogen and oxygen atoms in total. The van der Waals surface area contributed by atoms with E-state index in [1.54, 1.807) is 24.3 Å². The van der Waals surface area contributed by atoms with E-state index >= 15 is 0 Å². The Morgan fingerprint density at radius 1 is 1.12 bits per heavy atom. The van der Waals surface area contributed by atoms with Crippen molar-refractivity contribution in [3.05, 3.63) is 64.2 Å². The smallest absolute Gasteiger partial charge is 0.261 e. The number of carbonyl (C=O) groups is 1. The molecule has 26 heavy (non-hydrogen) atoms. The highest BCUT2D eigenvalue weighted by molar-refractivity contribution is 6.30. The summed E-state index contributed by atoms with van der Waals surface area (Å²) in [6.07, 6.45) is 4.93. The molecule has 2 aromatic carbocycles. The van der Waals surface area contributed by atoms with Crippen LogP contribution in [-0.2, 0) is 17.6 Å². The maximum atomic E-state index is 12.7. The average Bonchev–Trinajstić information content (AvgIpc) is 2.67. The van der Waals surface area contributed by atoms with E-state index < -0.39 is 6.10 Å². The van der Waals surface area contributed by atoms with Gasteiger partial charge in [-0.2, -0.15) is 0 Å². The standard InChI is InChI=1S/C22H26ClNO2/c1-3-21(26-20-12-10-19(23)11-13-20)22(25)24-15(2)17-9-8-16-6-4-5-7-18(16)14-17/h8-15,21H,3-7H2,1-2H3,(H,24,25). The average molecular weight is 372 g/mol. The Morgan fingerprint density at radius 2 is 1.81 bits per heavy atom. The number of hydrogen-bond donors (Lipinski definition) is 1. The van der Waals surface area contributed by atoms with Crippen LogP contribution < -0.4 is 10.1 Å². The van der Waals surface area contributed by atoms with Gasteiger partial charge < -0.3 is 10.1 Å². The Kier molecular flexibility index (Phi) is 6.20. The van der Waals surface area contributed by atoms with Crippen LogP contribution in [0.15, 0.2) is 42.5 Å². The van der Waals surface area contributed by atoms with Crippen molar-refractivity contribution in [1.29, 1.82) is 0 Å². The highest BCUT2D eigenvalue weighted by atomic mass is 35.5. The minimum Gasteiger partial charge on any atom is -0.481 e. The van der Waals surface area contributed by atoms with Crippen LogP contribution in [0.2, 0.25) is 5.02 Å². The molecule has 0 bridgehead atoms. The molecular weight excluding hydrogens is 346 g/mol. The molecule has 3 rings (SSSR count). The lowest BCUT2D eigenvalue weighted by Gasteiger charge is -2.22. The molecule has 0 fully saturated rings. The summed E-state index contributed by atoms with van der Waals surface area (Å²) < 4.78 is 5.84. The summed E-state index contributed by atoms with van der Waals surface area (Å²) in [5.41, 5.74) is 4.04. The fourth-order valence-electron chi connectivity index (χ4n) is 3.41. The fourth-order valence-corrected chi connectivity index (χ4v) is 3.54. The number of hydrogen-bond acceptors (Lipinski definition) is 2. The van der Waals surface area contributed by atoms with Gasteiger partial charge in [-0.05, 0) is 80.0 Å². The topological polar surface area (TPSA) is 38.3 Å². The number of nitrogens with one attached hydrogen (secondary N) is 1. The van der Waals surface area contributed by atoms with E-state index in [4.69, 9.17) is 16.3 Å². The summed E-state index contributed by atoms with van der Waals surface area (Å²) in [7, 11) is 0. The number of halogens is 1. The molecule has 0 heterocycles. The first-order chi connectivity index (χ1) is 12.6. The number of carbonyl (C=O) groups excluding carboxylic acids is 1. The predicted molar refractivity (Wildman–Crippen MR) is 106 cm³/mol. The number of amides is 1. The van der Waals surface area contributed by atoms with Crippen molar-refractivity contribution in [2.75, 3.05) is 0 Å². The lowest BCUT2D eigenvalue weighted by molar-refractivity contribution is -0.128. The first-order valence-electron chi connectivity index (χ1n) is 9.41. The summed E-state index contributed by atoms with van der Waals surface area (Å²) in [4.78, 5) is 12.7. The van der Waals surface area contributed by atoms with Gasteiger partial charge in [0.1, 0.15) is 5.75 Å². The SMILES string of the molecule is CCC(Oc1ccc(Cl)cc1)C(=O)NC(C)c1ccc2c(c1)CCCC2. The van der Waals surface area contributed by atoms with Crippen molar-refractivity contribution in [3.63, 3.8) is 0 Å². The first-order valence-corrected chi connectivity index (χ1v) is 9.79. The molecule has 4 heteroatoms. The molecule has 1 aliphatic rings. The Hall–Kier alpha value is -2.00. The molecule has 2 unspecified atom stereocenters. The third-order valence-corrected chi connectivity index (χ3v) is 5.24.